The summed E-state index contributed by atoms with van der Waals surface area (Å²) in [5.74, 6) is 0. The normalized spacial score (nSPS) is 13.0. The highest BCUT2D eigenvalue weighted by atomic mass is 35.5. The van der Waals surface area contributed by atoms with Crippen molar-refractivity contribution in [3.8, 4) is 0 Å². The highest BCUT2D eigenvalue weighted by Gasteiger charge is 2.18. The molecular weight excluding hydrogens is 269 g/mol. The molecule has 0 bridgehead atoms. The van der Waals surface area contributed by atoms with Crippen LogP contribution in [0.5, 0.6) is 0 Å². The number of rotatable bonds is 3. The fourth-order valence-corrected chi connectivity index (χ4v) is 3.84. The van der Waals surface area contributed by atoms with Gasteiger partial charge in [0.1, 0.15) is 0 Å². The van der Waals surface area contributed by atoms with Crippen molar-refractivity contribution in [2.75, 3.05) is 7.05 Å². The van der Waals surface area contributed by atoms with Gasteiger partial charge in [-0.25, -0.2) is 0 Å². The van der Waals surface area contributed by atoms with E-state index in [9.17, 15) is 0 Å². The summed E-state index contributed by atoms with van der Waals surface area (Å²) in [5, 5.41) is 5.31. The van der Waals surface area contributed by atoms with Gasteiger partial charge in [-0.1, -0.05) is 29.3 Å². The van der Waals surface area contributed by atoms with E-state index in [0.29, 0.717) is 0 Å². The Labute approximate surface area is 107 Å². The molecule has 1 unspecified atom stereocenters. The molecule has 80 valence electrons. The Bertz CT molecular complexity index is 436. The smallest absolute Gasteiger partial charge is 0.0995 e. The standard InChI is InChI=1S/C10H9Cl2NS2/c1-13-9(7-3-2-4-14-7)6-5-8(11)15-10(6)12/h2-5,9,13H,1H3. The zero-order valence-corrected chi connectivity index (χ0v) is 11.1. The van der Waals surface area contributed by atoms with Gasteiger partial charge >= 0.3 is 0 Å². The van der Waals surface area contributed by atoms with E-state index in [2.05, 4.69) is 16.8 Å². The van der Waals surface area contributed by atoms with E-state index < -0.39 is 0 Å². The van der Waals surface area contributed by atoms with Crippen molar-refractivity contribution in [1.82, 2.24) is 5.32 Å². The molecule has 1 N–H and O–H groups in total. The Morgan fingerprint density at radius 3 is 2.67 bits per heavy atom. The van der Waals surface area contributed by atoms with Crippen molar-refractivity contribution in [3.63, 3.8) is 0 Å². The van der Waals surface area contributed by atoms with Crippen LogP contribution in [0.4, 0.5) is 0 Å². The molecular formula is C10H9Cl2NS2. The SMILES string of the molecule is CNC(c1cccs1)c1cc(Cl)sc1Cl. The Morgan fingerprint density at radius 2 is 2.20 bits per heavy atom. The minimum Gasteiger partial charge on any atom is -0.309 e. The lowest BCUT2D eigenvalue weighted by Gasteiger charge is -2.13. The molecule has 0 saturated heterocycles. The summed E-state index contributed by atoms with van der Waals surface area (Å²) >= 11 is 15.2. The fraction of sp³-hybridized carbons (Fsp3) is 0.200. The second kappa shape index (κ2) is 4.85. The Hall–Kier alpha value is -0.0600. The molecule has 2 heterocycles. The molecule has 0 radical (unpaired) electrons. The van der Waals surface area contributed by atoms with Crippen LogP contribution in [0.15, 0.2) is 23.6 Å². The van der Waals surface area contributed by atoms with Crippen molar-refractivity contribution in [3.05, 3.63) is 42.7 Å². The molecule has 1 nitrogen and oxygen atoms in total. The lowest BCUT2D eigenvalue weighted by molar-refractivity contribution is 0.706. The zero-order valence-electron chi connectivity index (χ0n) is 7.96. The summed E-state index contributed by atoms with van der Waals surface area (Å²) in [6, 6.07) is 6.19. The average Bonchev–Trinajstić information content (AvgIpc) is 2.79. The molecule has 0 saturated carbocycles. The van der Waals surface area contributed by atoms with E-state index in [1.807, 2.05) is 19.2 Å². The second-order valence-corrected chi connectivity index (χ2v) is 6.28. The van der Waals surface area contributed by atoms with Crippen LogP contribution in [0.1, 0.15) is 16.5 Å². The van der Waals surface area contributed by atoms with E-state index in [-0.39, 0.29) is 6.04 Å². The molecule has 2 aromatic heterocycles. The summed E-state index contributed by atoms with van der Waals surface area (Å²) in [7, 11) is 1.92. The van der Waals surface area contributed by atoms with Crippen molar-refractivity contribution in [2.24, 2.45) is 0 Å². The first-order chi connectivity index (χ1) is 7.22. The topological polar surface area (TPSA) is 12.0 Å². The summed E-state index contributed by atoms with van der Waals surface area (Å²) in [4.78, 5) is 1.24. The Kier molecular flexibility index (Phi) is 3.69. The average molecular weight is 278 g/mol. The molecule has 5 heteroatoms. The monoisotopic (exact) mass is 277 g/mol. The zero-order chi connectivity index (χ0) is 10.8. The molecule has 0 amide bonds. The molecule has 15 heavy (non-hydrogen) atoms. The van der Waals surface area contributed by atoms with Gasteiger partial charge in [0.15, 0.2) is 0 Å². The van der Waals surface area contributed by atoms with Crippen LogP contribution in [0.3, 0.4) is 0 Å². The lowest BCUT2D eigenvalue weighted by Crippen LogP contribution is -2.15. The highest BCUT2D eigenvalue weighted by molar-refractivity contribution is 7.20. The van der Waals surface area contributed by atoms with Crippen LogP contribution < -0.4 is 5.32 Å². The fourth-order valence-electron chi connectivity index (χ4n) is 1.46. The third-order valence-electron chi connectivity index (χ3n) is 2.11. The van der Waals surface area contributed by atoms with Gasteiger partial charge in [-0.05, 0) is 24.6 Å². The van der Waals surface area contributed by atoms with Gasteiger partial charge in [-0.2, -0.15) is 0 Å². The minimum absolute atomic E-state index is 0.140. The van der Waals surface area contributed by atoms with Crippen molar-refractivity contribution in [1.29, 1.82) is 0 Å². The molecule has 0 aliphatic heterocycles. The quantitative estimate of drug-likeness (QED) is 0.876. The van der Waals surface area contributed by atoms with Crippen molar-refractivity contribution in [2.45, 2.75) is 6.04 Å². The minimum atomic E-state index is 0.140. The van der Waals surface area contributed by atoms with Crippen LogP contribution in [0.2, 0.25) is 8.67 Å². The number of thiophene rings is 2. The van der Waals surface area contributed by atoms with E-state index in [4.69, 9.17) is 23.2 Å². The first-order valence-electron chi connectivity index (χ1n) is 4.37. The summed E-state index contributed by atoms with van der Waals surface area (Å²) in [6.07, 6.45) is 0. The van der Waals surface area contributed by atoms with Gasteiger partial charge in [-0.15, -0.1) is 22.7 Å². The van der Waals surface area contributed by atoms with Crippen LogP contribution in [0.25, 0.3) is 0 Å². The molecule has 0 spiro atoms. The van der Waals surface area contributed by atoms with Crippen LogP contribution in [0, 0.1) is 0 Å². The van der Waals surface area contributed by atoms with Crippen molar-refractivity contribution >= 4 is 45.9 Å². The van der Waals surface area contributed by atoms with Crippen LogP contribution in [-0.2, 0) is 0 Å². The number of hydrogen-bond acceptors (Lipinski definition) is 3. The molecule has 0 aliphatic rings. The van der Waals surface area contributed by atoms with Gasteiger partial charge < -0.3 is 5.32 Å². The molecule has 0 aliphatic carbocycles. The molecule has 0 fully saturated rings. The highest BCUT2D eigenvalue weighted by Crippen LogP contribution is 2.38. The van der Waals surface area contributed by atoms with Gasteiger partial charge in [0, 0.05) is 10.4 Å². The maximum absolute atomic E-state index is 6.13. The first kappa shape index (κ1) is 11.4. The van der Waals surface area contributed by atoms with Crippen LogP contribution in [-0.4, -0.2) is 7.05 Å². The maximum atomic E-state index is 6.13. The molecule has 2 aromatic rings. The van der Waals surface area contributed by atoms with Gasteiger partial charge in [-0.3, -0.25) is 0 Å². The van der Waals surface area contributed by atoms with E-state index in [1.165, 1.54) is 16.2 Å². The largest absolute Gasteiger partial charge is 0.309 e. The second-order valence-electron chi connectivity index (χ2n) is 3.02. The van der Waals surface area contributed by atoms with Crippen molar-refractivity contribution < 1.29 is 0 Å². The summed E-state index contributed by atoms with van der Waals surface area (Å²) in [5.41, 5.74) is 1.05. The van der Waals surface area contributed by atoms with Gasteiger partial charge in [0.2, 0.25) is 0 Å². The molecule has 1 atom stereocenters. The first-order valence-corrected chi connectivity index (χ1v) is 6.83. The Morgan fingerprint density at radius 1 is 1.40 bits per heavy atom. The number of hydrogen-bond donors (Lipinski definition) is 1. The van der Waals surface area contributed by atoms with E-state index in [1.54, 1.807) is 11.3 Å². The van der Waals surface area contributed by atoms with Crippen LogP contribution >= 0.6 is 45.9 Å². The third kappa shape index (κ3) is 2.37. The summed E-state index contributed by atoms with van der Waals surface area (Å²) in [6.45, 7) is 0. The third-order valence-corrected chi connectivity index (χ3v) is 4.57. The van der Waals surface area contributed by atoms with E-state index in [0.717, 1.165) is 14.2 Å². The maximum Gasteiger partial charge on any atom is 0.0995 e. The van der Waals surface area contributed by atoms with Gasteiger partial charge in [0.05, 0.1) is 14.7 Å². The molecule has 2 rings (SSSR count). The van der Waals surface area contributed by atoms with E-state index >= 15 is 0 Å². The molecule has 0 aromatic carbocycles. The lowest BCUT2D eigenvalue weighted by atomic mass is 10.1. The number of nitrogens with one attached hydrogen (secondary N) is 1. The Balaban J connectivity index is 2.39. The predicted molar refractivity (Wildman–Crippen MR) is 69.6 cm³/mol. The number of halogens is 2. The predicted octanol–water partition coefficient (Wildman–Crippen LogP) is 4.43. The summed E-state index contributed by atoms with van der Waals surface area (Å²) < 4.78 is 1.49. The van der Waals surface area contributed by atoms with Gasteiger partial charge in [0.25, 0.3) is 0 Å².